The molecule has 838 valence electrons. The molecule has 26 heteroatoms. The van der Waals surface area contributed by atoms with E-state index in [-0.39, 0.29) is 169 Å². The number of hydrogen-bond donors (Lipinski definition) is 1. The summed E-state index contributed by atoms with van der Waals surface area (Å²) >= 11 is 0. The minimum absolute atomic E-state index is 0.00835. The molecule has 10 saturated heterocycles. The lowest BCUT2D eigenvalue weighted by atomic mass is 9.78. The van der Waals surface area contributed by atoms with Gasteiger partial charge in [-0.25, -0.2) is 0 Å². The molecule has 16 heterocycles. The number of ether oxygens (including phenoxy) is 10. The Bertz CT molecular complexity index is 4380. The average molecular weight is 2150 g/mol. The monoisotopic (exact) mass is 2140 g/mol. The Kier molecular flexibility index (Phi) is 41.9. The summed E-state index contributed by atoms with van der Waals surface area (Å²) in [6.45, 7) is 105. The van der Waals surface area contributed by atoms with Crippen molar-refractivity contribution >= 4 is 67.3 Å². The molecule has 0 aromatic rings. The fraction of sp³-hybridized carbons (Fsp3) is 0.875. The molecule has 0 spiro atoms. The van der Waals surface area contributed by atoms with Crippen LogP contribution in [0.3, 0.4) is 0 Å². The number of aliphatic hydroxyl groups is 1. The molecule has 0 radical (unpaired) electrons. The smallest absolute Gasteiger partial charge is 0.193 e. The highest BCUT2D eigenvalue weighted by Gasteiger charge is 2.62. The number of carbonyl (C=O) groups is 3. The van der Waals surface area contributed by atoms with Crippen LogP contribution in [0.15, 0.2) is 72.9 Å². The van der Waals surface area contributed by atoms with Gasteiger partial charge in [0, 0.05) is 44.9 Å². The lowest BCUT2D eigenvalue weighted by molar-refractivity contribution is -0.266. The van der Waals surface area contributed by atoms with Crippen molar-refractivity contribution in [2.75, 3.05) is 0 Å². The fourth-order valence-corrected chi connectivity index (χ4v) is 30.8. The fourth-order valence-electron chi connectivity index (χ4n) is 23.1. The van der Waals surface area contributed by atoms with Crippen LogP contribution in [0.2, 0.25) is 109 Å². The predicted molar refractivity (Wildman–Crippen MR) is 608 cm³/mol. The van der Waals surface area contributed by atoms with Crippen LogP contribution in [0.5, 0.6) is 0 Å². The zero-order chi connectivity index (χ0) is 109. The average Bonchev–Trinajstić information content (AvgIpc) is 1.22. The Morgan fingerprint density at radius 3 is 1.00 bits per heavy atom. The molecular weight excluding hydrogens is 1930 g/mol. The van der Waals surface area contributed by atoms with Gasteiger partial charge < -0.3 is 79.0 Å². The van der Waals surface area contributed by atoms with Crippen molar-refractivity contribution in [3.8, 4) is 0 Å². The Hall–Kier alpha value is -1.93. The van der Waals surface area contributed by atoms with Gasteiger partial charge in [-0.2, -0.15) is 0 Å². The largest absolute Gasteiger partial charge is 0.408 e. The highest BCUT2D eigenvalue weighted by atomic mass is 28.4. The molecule has 20 nitrogen and oxygen atoms in total. The third-order valence-corrected chi connectivity index (χ3v) is 66.7. The molecule has 10 fully saturated rings. The van der Waals surface area contributed by atoms with E-state index in [1.54, 1.807) is 6.08 Å². The molecule has 16 aliphatic heterocycles. The van der Waals surface area contributed by atoms with E-state index in [9.17, 15) is 19.5 Å². The number of allylic oxidation sites excluding steroid dienone is 1. The summed E-state index contributed by atoms with van der Waals surface area (Å²) in [5.74, 6) is 2.72. The van der Waals surface area contributed by atoms with Crippen LogP contribution in [0, 0.1) is 47.3 Å². The van der Waals surface area contributed by atoms with Gasteiger partial charge in [0.25, 0.3) is 0 Å². The molecule has 0 aromatic carbocycles. The molecule has 1 N–H and O–H groups in total. The Morgan fingerprint density at radius 1 is 0.342 bits per heavy atom. The second kappa shape index (κ2) is 49.3. The number of rotatable bonds is 18. The van der Waals surface area contributed by atoms with Gasteiger partial charge in [-0.05, 0) is 294 Å². The maximum absolute atomic E-state index is 14.8. The summed E-state index contributed by atoms with van der Waals surface area (Å²) in [5, 5.41) is 11.2. The number of aliphatic hydroxyl groups excluding tert-OH is 1. The first-order valence-electron chi connectivity index (χ1n) is 58.2. The molecule has 0 aliphatic carbocycles. The molecule has 0 saturated carbocycles. The summed E-state index contributed by atoms with van der Waals surface area (Å²) < 4.78 is 117. The molecule has 16 aliphatic rings. The van der Waals surface area contributed by atoms with Crippen LogP contribution >= 0.6 is 0 Å². The Labute approximate surface area is 895 Å². The van der Waals surface area contributed by atoms with Gasteiger partial charge in [0.15, 0.2) is 55.7 Å². The van der Waals surface area contributed by atoms with Crippen molar-refractivity contribution in [2.45, 2.75) is 621 Å². The van der Waals surface area contributed by atoms with Gasteiger partial charge in [-0.15, -0.1) is 0 Å². The van der Waals surface area contributed by atoms with E-state index in [1.165, 1.54) is 0 Å². The van der Waals surface area contributed by atoms with E-state index in [4.69, 9.17) is 73.9 Å². The molecule has 16 rings (SSSR count). The molecule has 16 bridgehead atoms. The summed E-state index contributed by atoms with van der Waals surface area (Å²) in [7, 11) is -15.0. The number of fused-ring (bicyclic) bond motifs is 4. The van der Waals surface area contributed by atoms with Gasteiger partial charge in [-0.3, -0.25) is 14.4 Å². The zero-order valence-corrected chi connectivity index (χ0v) is 105. The highest BCUT2D eigenvalue weighted by Crippen LogP contribution is 2.55. The lowest BCUT2D eigenvalue weighted by Gasteiger charge is -2.56. The van der Waals surface area contributed by atoms with E-state index in [1.807, 2.05) is 12.2 Å². The van der Waals surface area contributed by atoms with Crippen molar-refractivity contribution in [3.05, 3.63) is 72.9 Å². The Morgan fingerprint density at radius 2 is 0.651 bits per heavy atom. The minimum atomic E-state index is -2.54. The van der Waals surface area contributed by atoms with Gasteiger partial charge >= 0.3 is 0 Å². The summed E-state index contributed by atoms with van der Waals surface area (Å²) in [4.78, 5) is 43.7. The number of Topliss-reactive ketones (excluding diaryl/α,β-unsaturated/α-hetero) is 2. The van der Waals surface area contributed by atoms with E-state index in [2.05, 4.69) is 291 Å². The summed E-state index contributed by atoms with van der Waals surface area (Å²) in [6, 6.07) is 0. The minimum Gasteiger partial charge on any atom is -0.408 e. The number of hydrogen-bond acceptors (Lipinski definition) is 20. The van der Waals surface area contributed by atoms with E-state index in [0.29, 0.717) is 101 Å². The number of ketones is 3. The van der Waals surface area contributed by atoms with Gasteiger partial charge in [0.05, 0.1) is 116 Å². The predicted octanol–water partition coefficient (Wildman–Crippen LogP) is 28.7. The van der Waals surface area contributed by atoms with Crippen LogP contribution in [0.25, 0.3) is 0 Å². The molecular formula is C120H214O20Si6. The third-order valence-electron chi connectivity index (χ3n) is 39.9. The number of carbonyl (C=O) groups excluding carboxylic acids is 3. The maximum Gasteiger partial charge on any atom is 0.193 e. The standard InChI is InChI=1S/C60H108O10Si3.C60H106O10Si3/c2*1-22-37(2)31-51-41(6)47-35-43(62)34-46-27-30-49-54(65-46)56(69-72(18,19)59(10,11)12)57(70-73(20,21)60(13,14)15)55(67-49)50(68-71(16,17)58(7,8)9)28-24-42(61)23-25-44-33-39(4)48(63-44)29-26-45-32-38(3)40(5)52(64-45)36-53(47)66-51/h24,28,37-38,41-42,44-57,61H,4-5,22-23,25-27,29-36H2,1-3,6-21H3;24,28,37-38,41,44-57H,4-5,22-23,25-27,29-36H2,1-3,6-21H3/b2*28-24+/t37-,38-,41-,42?,44+,45+,46?,47-,48?,49+,50+,51-,52?,53+,54+,55+,56+,57-;37-,38-,41-,44+,45+,46?,47-,48?,49+,50+,51-,52?,53+,54+,55+,56+,57-/m11/s1. The maximum atomic E-state index is 14.8. The first kappa shape index (κ1) is 124. The van der Waals surface area contributed by atoms with Crippen molar-refractivity contribution in [2.24, 2.45) is 47.3 Å². The molecule has 0 amide bonds. The molecule has 0 aromatic heterocycles. The quantitative estimate of drug-likeness (QED) is 0.0996. The molecule has 146 heavy (non-hydrogen) atoms. The summed E-state index contributed by atoms with van der Waals surface area (Å²) in [6.07, 6.45) is 19.0. The molecule has 35 atom stereocenters. The topological polar surface area (TPSA) is 219 Å². The highest BCUT2D eigenvalue weighted by molar-refractivity contribution is 6.76. The van der Waals surface area contributed by atoms with Crippen molar-refractivity contribution in [3.63, 3.8) is 0 Å². The van der Waals surface area contributed by atoms with Crippen LogP contribution in [-0.2, 0) is 88.3 Å². The third kappa shape index (κ3) is 31.0. The van der Waals surface area contributed by atoms with E-state index >= 15 is 0 Å². The van der Waals surface area contributed by atoms with Gasteiger partial charge in [0.1, 0.15) is 60.4 Å². The van der Waals surface area contributed by atoms with Gasteiger partial charge in [0.2, 0.25) is 0 Å². The van der Waals surface area contributed by atoms with Crippen molar-refractivity contribution in [1.29, 1.82) is 0 Å². The second-order valence-corrected chi connectivity index (χ2v) is 86.0. The van der Waals surface area contributed by atoms with Crippen molar-refractivity contribution < 1.29 is 93.4 Å². The summed E-state index contributed by atoms with van der Waals surface area (Å²) in [5.41, 5.74) is 4.48. The lowest BCUT2D eigenvalue weighted by Crippen LogP contribution is -2.69. The van der Waals surface area contributed by atoms with Crippen LogP contribution < -0.4 is 0 Å². The zero-order valence-electron chi connectivity index (χ0n) is 99.4. The van der Waals surface area contributed by atoms with E-state index < -0.39 is 117 Å². The van der Waals surface area contributed by atoms with Crippen LogP contribution in [0.1, 0.15) is 347 Å². The SMILES string of the molecule is C=C1C[C@@H]2CCC(=O)/C=C/[C@H](O[Si](C)(C)C(C)(C)C)[C@@H]3O[C@H]4CCC(CC(=O)C[C@@H]5[C@@H](C)[C@@H](C[C@H](C)CC)O[C@H]5CC5O[C@@H](CCC1O2)C[C@@H](C)C5=C)O[C@@H]4[C@H](O[Si](C)(C)C(C)(C)C)[C@@H]3O[Si](C)(C)C(C)(C)C.C=C1C[C@@H]2CCC(O)/C=C/[C@H](O[Si](C)(C)C(C)(C)C)[C@@H]3O[C@H]4CCC(CC(=O)C[C@@H]5[C@@H](C)[C@@H](C[C@H](C)CC)O[C@H]5CC5O[C@@H](CCC1O2)C[C@@H](C)C5=C)O[C@@H]4[C@H](O[Si](C)(C)C(C)(C)C)[C@@H]3O[Si](C)(C)C(C)(C)C. The second-order valence-electron chi connectivity index (χ2n) is 57.5. The first-order chi connectivity index (χ1) is 67.2. The normalized spacial score (nSPS) is 38.7. The van der Waals surface area contributed by atoms with Crippen LogP contribution in [-0.4, -0.2) is 237 Å². The molecule has 7 unspecified atom stereocenters. The van der Waals surface area contributed by atoms with E-state index in [0.717, 1.165) is 112 Å². The first-order valence-corrected chi connectivity index (χ1v) is 75.6. The van der Waals surface area contributed by atoms with Crippen molar-refractivity contribution in [1.82, 2.24) is 0 Å². The Balaban J connectivity index is 0.000000278. The van der Waals surface area contributed by atoms with Gasteiger partial charge in [-0.1, -0.05) is 237 Å². The van der Waals surface area contributed by atoms with Crippen LogP contribution in [0.4, 0.5) is 0 Å².